The molecule has 0 saturated heterocycles. The van der Waals surface area contributed by atoms with Crippen LogP contribution in [0, 0.1) is 0 Å². The number of para-hydroxylation sites is 2. The molecule has 7 nitrogen and oxygen atoms in total. The molecule has 0 bridgehead atoms. The van der Waals surface area contributed by atoms with Crippen LogP contribution >= 0.6 is 27.3 Å². The number of anilines is 1. The first-order chi connectivity index (χ1) is 14.6. The molecule has 2 heterocycles. The molecule has 4 aromatic rings. The van der Waals surface area contributed by atoms with Crippen molar-refractivity contribution in [1.82, 2.24) is 14.8 Å². The summed E-state index contributed by atoms with van der Waals surface area (Å²) in [6.45, 7) is 0.332. The van der Waals surface area contributed by atoms with E-state index in [1.807, 2.05) is 35.8 Å². The fourth-order valence-electron chi connectivity index (χ4n) is 2.79. The fraction of sp³-hybridized carbons (Fsp3) is 0.0952. The first-order valence-electron chi connectivity index (χ1n) is 8.93. The summed E-state index contributed by atoms with van der Waals surface area (Å²) in [4.78, 5) is 17.1. The largest absolute Gasteiger partial charge is 0.493 e. The number of methoxy groups -OCH3 is 1. The van der Waals surface area contributed by atoms with Gasteiger partial charge in [-0.25, -0.2) is 9.67 Å². The summed E-state index contributed by atoms with van der Waals surface area (Å²) in [5.41, 5.74) is 4.44. The molecule has 0 unspecified atom stereocenters. The molecule has 0 aliphatic carbocycles. The van der Waals surface area contributed by atoms with Crippen molar-refractivity contribution in [3.8, 4) is 17.2 Å². The van der Waals surface area contributed by atoms with E-state index in [9.17, 15) is 4.79 Å². The van der Waals surface area contributed by atoms with Gasteiger partial charge < -0.3 is 14.8 Å². The molecule has 1 amide bonds. The van der Waals surface area contributed by atoms with Gasteiger partial charge in [0, 0.05) is 17.1 Å². The molecule has 0 aliphatic rings. The zero-order chi connectivity index (χ0) is 20.9. The Bertz CT molecular complexity index is 1160. The van der Waals surface area contributed by atoms with Crippen LogP contribution in [-0.2, 0) is 6.61 Å². The van der Waals surface area contributed by atoms with Gasteiger partial charge in [0.2, 0.25) is 0 Å². The van der Waals surface area contributed by atoms with Gasteiger partial charge in [0.1, 0.15) is 6.61 Å². The number of carbonyl (C=O) groups excluding carboxylic acids is 1. The highest BCUT2D eigenvalue weighted by Gasteiger charge is 2.14. The van der Waals surface area contributed by atoms with Crippen molar-refractivity contribution in [3.05, 3.63) is 81.5 Å². The third-order valence-electron chi connectivity index (χ3n) is 4.23. The van der Waals surface area contributed by atoms with E-state index in [4.69, 9.17) is 9.47 Å². The second-order valence-corrected chi connectivity index (χ2v) is 7.84. The number of nitrogens with zero attached hydrogens (tertiary/aromatic N) is 3. The Kier molecular flexibility index (Phi) is 6.10. The van der Waals surface area contributed by atoms with Crippen LogP contribution in [0.2, 0.25) is 0 Å². The number of carbonyl (C=O) groups is 1. The highest BCUT2D eigenvalue weighted by Crippen LogP contribution is 2.30. The lowest BCUT2D eigenvalue weighted by molar-refractivity contribution is 0.102. The number of benzene rings is 2. The van der Waals surface area contributed by atoms with Crippen molar-refractivity contribution >= 4 is 38.9 Å². The summed E-state index contributed by atoms with van der Waals surface area (Å²) in [7, 11) is 1.54. The summed E-state index contributed by atoms with van der Waals surface area (Å²) in [6, 6.07) is 12.5. The van der Waals surface area contributed by atoms with E-state index >= 15 is 0 Å². The standard InChI is InChI=1S/C21H17BrN4O3S/c1-28-20-8-14(6-7-19(20)29-11-16-12-30-13-23-16)21(27)25-17-4-2-3-5-18(17)26-10-15(22)9-24-26/h2-10,12-13H,11H2,1H3,(H,25,27). The van der Waals surface area contributed by atoms with Crippen LogP contribution in [0.3, 0.4) is 0 Å². The summed E-state index contributed by atoms with van der Waals surface area (Å²) >= 11 is 4.90. The van der Waals surface area contributed by atoms with Crippen molar-refractivity contribution in [2.45, 2.75) is 6.61 Å². The number of amides is 1. The van der Waals surface area contributed by atoms with Crippen molar-refractivity contribution in [2.24, 2.45) is 0 Å². The monoisotopic (exact) mass is 484 g/mol. The number of halogens is 1. The quantitative estimate of drug-likeness (QED) is 0.402. The Hall–Kier alpha value is -3.17. The molecular weight excluding hydrogens is 468 g/mol. The van der Waals surface area contributed by atoms with Gasteiger partial charge in [0.25, 0.3) is 5.91 Å². The number of hydrogen-bond acceptors (Lipinski definition) is 6. The lowest BCUT2D eigenvalue weighted by Crippen LogP contribution is -2.14. The number of hydrogen-bond donors (Lipinski definition) is 1. The van der Waals surface area contributed by atoms with Crippen molar-refractivity contribution in [1.29, 1.82) is 0 Å². The third-order valence-corrected chi connectivity index (χ3v) is 5.28. The number of thiazole rings is 1. The lowest BCUT2D eigenvalue weighted by Gasteiger charge is -2.13. The number of nitrogens with one attached hydrogen (secondary N) is 1. The zero-order valence-corrected chi connectivity index (χ0v) is 18.3. The van der Waals surface area contributed by atoms with E-state index in [2.05, 4.69) is 31.3 Å². The smallest absolute Gasteiger partial charge is 0.255 e. The average Bonchev–Trinajstić information content (AvgIpc) is 3.44. The van der Waals surface area contributed by atoms with E-state index in [0.29, 0.717) is 29.4 Å². The van der Waals surface area contributed by atoms with Gasteiger partial charge in [-0.2, -0.15) is 5.10 Å². The summed E-state index contributed by atoms with van der Waals surface area (Å²) in [5, 5.41) is 9.14. The SMILES string of the molecule is COc1cc(C(=O)Nc2ccccc2-n2cc(Br)cn2)ccc1OCc1cscn1. The second kappa shape index (κ2) is 9.10. The molecule has 2 aromatic heterocycles. The highest BCUT2D eigenvalue weighted by atomic mass is 79.9. The number of aromatic nitrogens is 3. The predicted molar refractivity (Wildman–Crippen MR) is 119 cm³/mol. The molecule has 0 fully saturated rings. The topological polar surface area (TPSA) is 78.3 Å². The Morgan fingerprint density at radius 1 is 1.23 bits per heavy atom. The van der Waals surface area contributed by atoms with Crippen LogP contribution in [0.4, 0.5) is 5.69 Å². The van der Waals surface area contributed by atoms with Gasteiger partial charge in [-0.15, -0.1) is 11.3 Å². The third kappa shape index (κ3) is 4.52. The first kappa shape index (κ1) is 20.1. The molecule has 152 valence electrons. The molecule has 1 N–H and O–H groups in total. The van der Waals surface area contributed by atoms with Gasteiger partial charge in [-0.05, 0) is 46.3 Å². The van der Waals surface area contributed by atoms with Crippen LogP contribution in [0.15, 0.2) is 70.2 Å². The predicted octanol–water partition coefficient (Wildman–Crippen LogP) is 4.93. The van der Waals surface area contributed by atoms with Gasteiger partial charge in [0.15, 0.2) is 11.5 Å². The van der Waals surface area contributed by atoms with E-state index in [0.717, 1.165) is 15.9 Å². The van der Waals surface area contributed by atoms with Crippen LogP contribution < -0.4 is 14.8 Å². The van der Waals surface area contributed by atoms with Crippen molar-refractivity contribution in [3.63, 3.8) is 0 Å². The van der Waals surface area contributed by atoms with Crippen LogP contribution in [0.5, 0.6) is 11.5 Å². The van der Waals surface area contributed by atoms with Gasteiger partial charge in [0.05, 0.1) is 40.4 Å². The normalized spacial score (nSPS) is 10.6. The van der Waals surface area contributed by atoms with Crippen molar-refractivity contribution < 1.29 is 14.3 Å². The molecule has 0 saturated carbocycles. The van der Waals surface area contributed by atoms with Crippen LogP contribution in [0.25, 0.3) is 5.69 Å². The minimum Gasteiger partial charge on any atom is -0.493 e. The van der Waals surface area contributed by atoms with Crippen LogP contribution in [0.1, 0.15) is 16.1 Å². The maximum Gasteiger partial charge on any atom is 0.255 e. The number of rotatable bonds is 7. The second-order valence-electron chi connectivity index (χ2n) is 6.21. The van der Waals surface area contributed by atoms with Gasteiger partial charge >= 0.3 is 0 Å². The zero-order valence-electron chi connectivity index (χ0n) is 15.9. The minimum atomic E-state index is -0.266. The highest BCUT2D eigenvalue weighted by molar-refractivity contribution is 9.10. The number of ether oxygens (including phenoxy) is 2. The molecule has 9 heteroatoms. The maximum atomic E-state index is 12.9. The maximum absolute atomic E-state index is 12.9. The van der Waals surface area contributed by atoms with E-state index in [1.165, 1.54) is 18.4 Å². The van der Waals surface area contributed by atoms with Crippen molar-refractivity contribution in [2.75, 3.05) is 12.4 Å². The summed E-state index contributed by atoms with van der Waals surface area (Å²) in [5.74, 6) is 0.754. The summed E-state index contributed by atoms with van der Waals surface area (Å²) in [6.07, 6.45) is 3.51. The molecule has 30 heavy (non-hydrogen) atoms. The Morgan fingerprint density at radius 3 is 2.83 bits per heavy atom. The molecule has 4 rings (SSSR count). The molecule has 0 aliphatic heterocycles. The van der Waals surface area contributed by atoms with E-state index in [-0.39, 0.29) is 5.91 Å². The summed E-state index contributed by atoms with van der Waals surface area (Å²) < 4.78 is 13.7. The minimum absolute atomic E-state index is 0.266. The van der Waals surface area contributed by atoms with Crippen LogP contribution in [-0.4, -0.2) is 27.8 Å². The Labute approximate surface area is 185 Å². The lowest BCUT2D eigenvalue weighted by atomic mass is 10.1. The molecule has 0 spiro atoms. The van der Waals surface area contributed by atoms with E-state index in [1.54, 1.807) is 34.6 Å². The first-order valence-corrected chi connectivity index (χ1v) is 10.7. The van der Waals surface area contributed by atoms with E-state index < -0.39 is 0 Å². The molecule has 2 aromatic carbocycles. The Balaban J connectivity index is 1.53. The van der Waals surface area contributed by atoms with Gasteiger partial charge in [-0.1, -0.05) is 12.1 Å². The van der Waals surface area contributed by atoms with Gasteiger partial charge in [-0.3, -0.25) is 4.79 Å². The fourth-order valence-corrected chi connectivity index (χ4v) is 3.62. The Morgan fingerprint density at radius 2 is 2.10 bits per heavy atom. The molecular formula is C21H17BrN4O3S. The average molecular weight is 485 g/mol. The molecule has 0 atom stereocenters. The molecule has 0 radical (unpaired) electrons.